The molecule has 2 rings (SSSR count). The summed E-state index contributed by atoms with van der Waals surface area (Å²) >= 11 is 1.67. The lowest BCUT2D eigenvalue weighted by atomic mass is 10.0. The number of rotatable bonds is 2. The predicted molar refractivity (Wildman–Crippen MR) is 65.4 cm³/mol. The van der Waals surface area contributed by atoms with Crippen LogP contribution in [0.3, 0.4) is 0 Å². The van der Waals surface area contributed by atoms with Crippen molar-refractivity contribution in [3.05, 3.63) is 35.9 Å². The zero-order valence-electron chi connectivity index (χ0n) is 9.31. The molecule has 0 aromatic heterocycles. The molecule has 1 heterocycles. The second kappa shape index (κ2) is 4.11. The quantitative estimate of drug-likeness (QED) is 0.828. The summed E-state index contributed by atoms with van der Waals surface area (Å²) in [6, 6.07) is 9.44. The van der Waals surface area contributed by atoms with E-state index in [1.165, 1.54) is 0 Å². The van der Waals surface area contributed by atoms with Gasteiger partial charge in [-0.05, 0) is 19.4 Å². The van der Waals surface area contributed by atoms with E-state index >= 15 is 0 Å². The second-order valence-electron chi connectivity index (χ2n) is 4.45. The Kier molecular flexibility index (Phi) is 2.95. The van der Waals surface area contributed by atoms with Crippen LogP contribution in [-0.4, -0.2) is 21.9 Å². The molecule has 1 aromatic carbocycles. The third-order valence-corrected chi connectivity index (χ3v) is 4.27. The highest BCUT2D eigenvalue weighted by atomic mass is 32.2. The summed E-state index contributed by atoms with van der Waals surface area (Å²) in [5.74, 6) is -0.782. The number of carboxylic acid groups (broad SMARTS) is 1. The minimum absolute atomic E-state index is 0.0669. The number of aliphatic carboxylic acids is 1. The molecule has 1 aliphatic rings. The molecule has 0 radical (unpaired) electrons. The molecule has 1 saturated heterocycles. The van der Waals surface area contributed by atoms with E-state index in [9.17, 15) is 4.79 Å². The summed E-state index contributed by atoms with van der Waals surface area (Å²) in [6.45, 7) is 3.93. The van der Waals surface area contributed by atoms with Crippen LogP contribution >= 0.6 is 11.8 Å². The minimum atomic E-state index is -0.782. The number of thioether (sulfide) groups is 1. The van der Waals surface area contributed by atoms with E-state index in [0.29, 0.717) is 0 Å². The first-order chi connectivity index (χ1) is 7.50. The van der Waals surface area contributed by atoms with Crippen molar-refractivity contribution in [2.24, 2.45) is 0 Å². The van der Waals surface area contributed by atoms with Gasteiger partial charge in [0.25, 0.3) is 0 Å². The largest absolute Gasteiger partial charge is 0.480 e. The molecular formula is C12H15NO2S. The number of carboxylic acids is 1. The van der Waals surface area contributed by atoms with Crippen molar-refractivity contribution in [2.75, 3.05) is 0 Å². The maximum Gasteiger partial charge on any atom is 0.322 e. The smallest absolute Gasteiger partial charge is 0.322 e. The van der Waals surface area contributed by atoms with Crippen LogP contribution < -0.4 is 5.32 Å². The third kappa shape index (κ3) is 2.08. The first kappa shape index (κ1) is 11.5. The van der Waals surface area contributed by atoms with Crippen LogP contribution in [0.4, 0.5) is 0 Å². The summed E-state index contributed by atoms with van der Waals surface area (Å²) in [6.07, 6.45) is 0. The Morgan fingerprint density at radius 1 is 1.38 bits per heavy atom. The number of hydrogen-bond donors (Lipinski definition) is 2. The Labute approximate surface area is 99.2 Å². The van der Waals surface area contributed by atoms with Crippen LogP contribution in [0.25, 0.3) is 0 Å². The fraction of sp³-hybridized carbons (Fsp3) is 0.417. The fourth-order valence-corrected chi connectivity index (χ4v) is 3.33. The van der Waals surface area contributed by atoms with Crippen molar-refractivity contribution in [2.45, 2.75) is 30.0 Å². The molecule has 16 heavy (non-hydrogen) atoms. The lowest BCUT2D eigenvalue weighted by molar-refractivity contribution is -0.139. The molecule has 3 nitrogen and oxygen atoms in total. The Balaban J connectivity index is 2.21. The summed E-state index contributed by atoms with van der Waals surface area (Å²) in [4.78, 5) is 11.1. The van der Waals surface area contributed by atoms with Gasteiger partial charge in [-0.2, -0.15) is 0 Å². The summed E-state index contributed by atoms with van der Waals surface area (Å²) < 4.78 is -0.285. The highest BCUT2D eigenvalue weighted by molar-refractivity contribution is 8.01. The van der Waals surface area contributed by atoms with Crippen molar-refractivity contribution < 1.29 is 9.90 Å². The lowest BCUT2D eigenvalue weighted by Gasteiger charge is -2.20. The molecular weight excluding hydrogens is 222 g/mol. The maximum absolute atomic E-state index is 11.1. The van der Waals surface area contributed by atoms with Crippen molar-refractivity contribution in [1.82, 2.24) is 5.32 Å². The summed E-state index contributed by atoms with van der Waals surface area (Å²) in [5.41, 5.74) is 1.13. The third-order valence-electron chi connectivity index (χ3n) is 2.78. The van der Waals surface area contributed by atoms with Gasteiger partial charge in [0.1, 0.15) is 6.04 Å². The van der Waals surface area contributed by atoms with Crippen LogP contribution in [0.15, 0.2) is 30.3 Å². The van der Waals surface area contributed by atoms with Crippen molar-refractivity contribution >= 4 is 17.7 Å². The van der Waals surface area contributed by atoms with Gasteiger partial charge in [0.15, 0.2) is 0 Å². The zero-order valence-corrected chi connectivity index (χ0v) is 10.1. The van der Waals surface area contributed by atoms with Crippen LogP contribution in [0, 0.1) is 0 Å². The van der Waals surface area contributed by atoms with E-state index in [1.807, 2.05) is 44.2 Å². The van der Waals surface area contributed by atoms with E-state index in [1.54, 1.807) is 11.8 Å². The van der Waals surface area contributed by atoms with Gasteiger partial charge in [0, 0.05) is 4.75 Å². The zero-order chi connectivity index (χ0) is 11.8. The number of benzene rings is 1. The first-order valence-electron chi connectivity index (χ1n) is 5.22. The van der Waals surface area contributed by atoms with E-state index in [4.69, 9.17) is 5.11 Å². The lowest BCUT2D eigenvalue weighted by Crippen LogP contribution is -2.43. The van der Waals surface area contributed by atoms with E-state index in [-0.39, 0.29) is 10.1 Å². The van der Waals surface area contributed by atoms with E-state index in [0.717, 1.165) is 5.56 Å². The molecule has 2 N–H and O–H groups in total. The Morgan fingerprint density at radius 3 is 2.50 bits per heavy atom. The van der Waals surface area contributed by atoms with Crippen LogP contribution in [0.2, 0.25) is 0 Å². The molecule has 86 valence electrons. The van der Waals surface area contributed by atoms with Crippen molar-refractivity contribution in [3.8, 4) is 0 Å². The molecule has 0 aliphatic carbocycles. The Bertz CT molecular complexity index is 391. The normalized spacial score (nSPS) is 27.9. The van der Waals surface area contributed by atoms with E-state index in [2.05, 4.69) is 5.32 Å². The fourth-order valence-electron chi connectivity index (χ4n) is 1.92. The van der Waals surface area contributed by atoms with Gasteiger partial charge in [-0.25, -0.2) is 0 Å². The van der Waals surface area contributed by atoms with Crippen LogP contribution in [-0.2, 0) is 4.79 Å². The van der Waals surface area contributed by atoms with Gasteiger partial charge in [0.2, 0.25) is 0 Å². The van der Waals surface area contributed by atoms with Gasteiger partial charge in [-0.15, -0.1) is 11.8 Å². The van der Waals surface area contributed by atoms with Gasteiger partial charge in [-0.3, -0.25) is 10.1 Å². The monoisotopic (exact) mass is 237 g/mol. The predicted octanol–water partition coefficient (Wildman–Crippen LogP) is 2.25. The second-order valence-corrected chi connectivity index (χ2v) is 6.21. The van der Waals surface area contributed by atoms with Crippen LogP contribution in [0.5, 0.6) is 0 Å². The molecule has 1 fully saturated rings. The van der Waals surface area contributed by atoms with Gasteiger partial charge >= 0.3 is 5.97 Å². The van der Waals surface area contributed by atoms with Crippen LogP contribution in [0.1, 0.15) is 24.8 Å². The molecule has 0 amide bonds. The average Bonchev–Trinajstić information content (AvgIpc) is 2.56. The number of hydrogen-bond acceptors (Lipinski definition) is 3. The maximum atomic E-state index is 11.1. The summed E-state index contributed by atoms with van der Waals surface area (Å²) in [5, 5.41) is 12.4. The molecule has 1 aliphatic heterocycles. The van der Waals surface area contributed by atoms with Crippen molar-refractivity contribution in [3.63, 3.8) is 0 Å². The molecule has 0 bridgehead atoms. The standard InChI is InChI=1S/C12H15NO2S/c1-12(2)9(11(14)15)13-10(16-12)8-6-4-3-5-7-8/h3-7,9-10,13H,1-2H3,(H,14,15)/t9-,10?/m1/s1. The molecule has 4 heteroatoms. The SMILES string of the molecule is CC1(C)SC(c2ccccc2)N[C@@H]1C(=O)O. The van der Waals surface area contributed by atoms with E-state index < -0.39 is 12.0 Å². The molecule has 1 unspecified atom stereocenters. The van der Waals surface area contributed by atoms with Gasteiger partial charge < -0.3 is 5.11 Å². The Hall–Kier alpha value is -1.00. The van der Waals surface area contributed by atoms with Gasteiger partial charge in [0.05, 0.1) is 5.37 Å². The highest BCUT2D eigenvalue weighted by Gasteiger charge is 2.45. The summed E-state index contributed by atoms with van der Waals surface area (Å²) in [7, 11) is 0. The topological polar surface area (TPSA) is 49.3 Å². The molecule has 0 spiro atoms. The van der Waals surface area contributed by atoms with Crippen molar-refractivity contribution in [1.29, 1.82) is 0 Å². The minimum Gasteiger partial charge on any atom is -0.480 e. The average molecular weight is 237 g/mol. The number of nitrogens with one attached hydrogen (secondary N) is 1. The van der Waals surface area contributed by atoms with Gasteiger partial charge in [-0.1, -0.05) is 30.3 Å². The molecule has 2 atom stereocenters. The molecule has 0 saturated carbocycles. The molecule has 1 aromatic rings. The first-order valence-corrected chi connectivity index (χ1v) is 6.10. The Morgan fingerprint density at radius 2 is 2.00 bits per heavy atom. The number of carbonyl (C=O) groups is 1. The highest BCUT2D eigenvalue weighted by Crippen LogP contribution is 2.45.